The summed E-state index contributed by atoms with van der Waals surface area (Å²) in [6.45, 7) is 6.20. The molecule has 11 nitrogen and oxygen atoms in total. The highest BCUT2D eigenvalue weighted by Crippen LogP contribution is 2.26. The number of hydrogen-bond acceptors (Lipinski definition) is 8. The zero-order valence-corrected chi connectivity index (χ0v) is 21.9. The van der Waals surface area contributed by atoms with Crippen molar-refractivity contribution in [3.8, 4) is 5.95 Å². The van der Waals surface area contributed by atoms with Crippen molar-refractivity contribution in [3.05, 3.63) is 82.3 Å². The number of aromatic nitrogens is 6. The number of nitrogens with zero attached hydrogens (tertiary/aromatic N) is 7. The third kappa shape index (κ3) is 5.02. The van der Waals surface area contributed by atoms with E-state index in [-0.39, 0.29) is 25.7 Å². The Kier molecular flexibility index (Phi) is 7.47. The molecule has 0 saturated carbocycles. The summed E-state index contributed by atoms with van der Waals surface area (Å²) < 4.78 is 9.05. The molecule has 0 atom stereocenters. The Morgan fingerprint density at radius 1 is 1.16 bits per heavy atom. The highest BCUT2D eigenvalue weighted by molar-refractivity contribution is 5.95. The molecule has 1 aromatic carbocycles. The van der Waals surface area contributed by atoms with E-state index in [2.05, 4.69) is 49.5 Å². The van der Waals surface area contributed by atoms with Crippen LogP contribution in [0.1, 0.15) is 51.1 Å². The maximum absolute atomic E-state index is 13.2. The molecule has 3 aromatic heterocycles. The number of carbonyl (C=O) groups is 1. The minimum Gasteiger partial charge on any atom is -0.390 e. The first kappa shape index (κ1) is 25.6. The van der Waals surface area contributed by atoms with Gasteiger partial charge in [-0.3, -0.25) is 4.79 Å². The molecule has 198 valence electrons. The van der Waals surface area contributed by atoms with E-state index in [1.165, 1.54) is 17.3 Å². The number of amides is 1. The molecule has 1 aliphatic rings. The number of ether oxygens (including phenoxy) is 1. The average Bonchev–Trinajstić information content (AvgIpc) is 3.53. The van der Waals surface area contributed by atoms with Gasteiger partial charge in [0.1, 0.15) is 5.82 Å². The molecule has 4 aromatic rings. The molecular formula is C27H32N8O3. The fourth-order valence-corrected chi connectivity index (χ4v) is 4.72. The number of imidazole rings is 1. The van der Waals surface area contributed by atoms with E-state index in [9.17, 15) is 9.90 Å². The molecule has 0 fully saturated rings. The number of aliphatic hydroxyl groups excluding tert-OH is 1. The first-order chi connectivity index (χ1) is 18.5. The number of aryl methyl sites for hydroxylation is 2. The van der Waals surface area contributed by atoms with E-state index in [4.69, 9.17) is 9.72 Å². The Hall–Kier alpha value is -4.09. The molecule has 0 saturated heterocycles. The van der Waals surface area contributed by atoms with Crippen molar-refractivity contribution in [1.82, 2.24) is 34.6 Å². The first-order valence-corrected chi connectivity index (χ1v) is 12.7. The Morgan fingerprint density at radius 3 is 2.76 bits per heavy atom. The topological polar surface area (TPSA) is 123 Å². The normalized spacial score (nSPS) is 13.0. The van der Waals surface area contributed by atoms with Crippen LogP contribution in [0.5, 0.6) is 0 Å². The number of nitrogens with one attached hydrogen (secondary N) is 1. The van der Waals surface area contributed by atoms with Gasteiger partial charge >= 0.3 is 0 Å². The van der Waals surface area contributed by atoms with E-state index < -0.39 is 0 Å². The van der Waals surface area contributed by atoms with Crippen LogP contribution >= 0.6 is 0 Å². The number of benzene rings is 1. The number of anilines is 1. The van der Waals surface area contributed by atoms with Crippen molar-refractivity contribution in [1.29, 1.82) is 0 Å². The summed E-state index contributed by atoms with van der Waals surface area (Å²) in [7, 11) is 1.82. The van der Waals surface area contributed by atoms with Crippen LogP contribution in [-0.4, -0.2) is 53.5 Å². The summed E-state index contributed by atoms with van der Waals surface area (Å²) in [6.07, 6.45) is 5.87. The molecule has 1 amide bonds. The van der Waals surface area contributed by atoms with Crippen LogP contribution in [0.3, 0.4) is 0 Å². The Labute approximate surface area is 221 Å². The van der Waals surface area contributed by atoms with Gasteiger partial charge in [0.25, 0.3) is 11.9 Å². The summed E-state index contributed by atoms with van der Waals surface area (Å²) in [6, 6.07) is 8.48. The molecule has 38 heavy (non-hydrogen) atoms. The maximum atomic E-state index is 13.2. The molecule has 0 unspecified atom stereocenters. The predicted molar refractivity (Wildman–Crippen MR) is 141 cm³/mol. The van der Waals surface area contributed by atoms with E-state index in [1.54, 1.807) is 21.8 Å². The lowest BCUT2D eigenvalue weighted by molar-refractivity contribution is 0.0938. The number of hydrogen-bond donors (Lipinski definition) is 2. The van der Waals surface area contributed by atoms with Gasteiger partial charge in [0, 0.05) is 38.5 Å². The Bertz CT molecular complexity index is 1440. The highest BCUT2D eigenvalue weighted by Gasteiger charge is 2.23. The standard InChI is InChI=1S/C27H32N8O3/c1-4-38-16-24-21(26(37)28-13-23-22(15-36)30-17-33(23)3)12-31-35(24)27-29-11-18(2)25(32-27)34-10-9-19-7-5-6-8-20(19)14-34/h5-8,11-12,17,36H,4,9-10,13-16H2,1-3H3,(H,28,37). The van der Waals surface area contributed by atoms with Crippen LogP contribution in [0.25, 0.3) is 5.95 Å². The third-order valence-corrected chi connectivity index (χ3v) is 6.82. The second-order valence-electron chi connectivity index (χ2n) is 9.26. The van der Waals surface area contributed by atoms with Gasteiger partial charge in [-0.25, -0.2) is 9.97 Å². The molecular weight excluding hydrogens is 484 g/mol. The zero-order chi connectivity index (χ0) is 26.6. The van der Waals surface area contributed by atoms with E-state index in [1.807, 2.05) is 20.9 Å². The molecule has 4 heterocycles. The van der Waals surface area contributed by atoms with Crippen LogP contribution < -0.4 is 10.2 Å². The molecule has 11 heteroatoms. The van der Waals surface area contributed by atoms with Gasteiger partial charge in [-0.05, 0) is 31.4 Å². The van der Waals surface area contributed by atoms with Crippen LogP contribution in [-0.2, 0) is 44.5 Å². The van der Waals surface area contributed by atoms with Gasteiger partial charge in [0.15, 0.2) is 0 Å². The van der Waals surface area contributed by atoms with E-state index in [0.29, 0.717) is 29.5 Å². The lowest BCUT2D eigenvalue weighted by Gasteiger charge is -2.30. The number of aliphatic hydroxyl groups is 1. The summed E-state index contributed by atoms with van der Waals surface area (Å²) in [5.41, 5.74) is 5.84. The molecule has 0 spiro atoms. The fourth-order valence-electron chi connectivity index (χ4n) is 4.72. The second-order valence-corrected chi connectivity index (χ2v) is 9.26. The molecule has 5 rings (SSSR count). The summed E-state index contributed by atoms with van der Waals surface area (Å²) in [4.78, 5) is 29.1. The van der Waals surface area contributed by atoms with E-state index >= 15 is 0 Å². The molecule has 0 radical (unpaired) electrons. The summed E-state index contributed by atoms with van der Waals surface area (Å²) >= 11 is 0. The van der Waals surface area contributed by atoms with Crippen molar-refractivity contribution in [3.63, 3.8) is 0 Å². The van der Waals surface area contributed by atoms with Crippen molar-refractivity contribution >= 4 is 11.7 Å². The minimum atomic E-state index is -0.309. The molecule has 0 aliphatic carbocycles. The molecule has 2 N–H and O–H groups in total. The van der Waals surface area contributed by atoms with Gasteiger partial charge in [0.05, 0.1) is 54.9 Å². The van der Waals surface area contributed by atoms with Crippen molar-refractivity contribution in [2.24, 2.45) is 7.05 Å². The third-order valence-electron chi connectivity index (χ3n) is 6.82. The lowest BCUT2D eigenvalue weighted by Crippen LogP contribution is -2.32. The van der Waals surface area contributed by atoms with Gasteiger partial charge in [-0.1, -0.05) is 24.3 Å². The largest absolute Gasteiger partial charge is 0.390 e. The first-order valence-electron chi connectivity index (χ1n) is 12.7. The van der Waals surface area contributed by atoms with Gasteiger partial charge in [0.2, 0.25) is 0 Å². The quantitative estimate of drug-likeness (QED) is 0.347. The van der Waals surface area contributed by atoms with E-state index in [0.717, 1.165) is 36.6 Å². The lowest BCUT2D eigenvalue weighted by atomic mass is 10.00. The minimum absolute atomic E-state index is 0.177. The van der Waals surface area contributed by atoms with Crippen LogP contribution in [0.2, 0.25) is 0 Å². The van der Waals surface area contributed by atoms with Crippen LogP contribution in [0.15, 0.2) is 43.0 Å². The van der Waals surface area contributed by atoms with Crippen molar-refractivity contribution in [2.75, 3.05) is 18.1 Å². The van der Waals surface area contributed by atoms with Crippen LogP contribution in [0, 0.1) is 6.92 Å². The Morgan fingerprint density at radius 2 is 1.97 bits per heavy atom. The number of fused-ring (bicyclic) bond motifs is 1. The monoisotopic (exact) mass is 516 g/mol. The van der Waals surface area contributed by atoms with Crippen LogP contribution in [0.4, 0.5) is 5.82 Å². The smallest absolute Gasteiger partial charge is 0.255 e. The van der Waals surface area contributed by atoms with Gasteiger partial charge in [-0.2, -0.15) is 14.8 Å². The maximum Gasteiger partial charge on any atom is 0.255 e. The molecule has 0 bridgehead atoms. The van der Waals surface area contributed by atoms with Crippen molar-refractivity contribution < 1.29 is 14.6 Å². The molecule has 1 aliphatic heterocycles. The fraction of sp³-hybridized carbons (Fsp3) is 0.370. The zero-order valence-electron chi connectivity index (χ0n) is 21.9. The average molecular weight is 517 g/mol. The SMILES string of the molecule is CCOCc1c(C(=O)NCc2c(CO)ncn2C)cnn1-c1ncc(C)c(N2CCc3ccccc3C2)n1. The summed E-state index contributed by atoms with van der Waals surface area (Å²) in [5.74, 6) is 0.921. The summed E-state index contributed by atoms with van der Waals surface area (Å²) in [5, 5.41) is 16.9. The second kappa shape index (κ2) is 11.1. The van der Waals surface area contributed by atoms with Gasteiger partial charge < -0.3 is 24.6 Å². The van der Waals surface area contributed by atoms with Crippen molar-refractivity contribution in [2.45, 2.75) is 46.6 Å². The number of carbonyl (C=O) groups excluding carboxylic acids is 1. The number of rotatable bonds is 9. The Balaban J connectivity index is 1.42. The van der Waals surface area contributed by atoms with Gasteiger partial charge in [-0.15, -0.1) is 0 Å². The predicted octanol–water partition coefficient (Wildman–Crippen LogP) is 2.23. The highest BCUT2D eigenvalue weighted by atomic mass is 16.5.